The summed E-state index contributed by atoms with van der Waals surface area (Å²) in [6.45, 7) is 1.71. The van der Waals surface area contributed by atoms with Crippen LogP contribution in [-0.4, -0.2) is 36.1 Å². The monoisotopic (exact) mass is 222 g/mol. The lowest BCUT2D eigenvalue weighted by Crippen LogP contribution is -2.58. The van der Waals surface area contributed by atoms with Gasteiger partial charge in [0.15, 0.2) is 5.54 Å². The number of benzene rings is 1. The average molecular weight is 222 g/mol. The van der Waals surface area contributed by atoms with Gasteiger partial charge in [-0.2, -0.15) is 0 Å². The predicted octanol–water partition coefficient (Wildman–Crippen LogP) is 0.875. The predicted molar refractivity (Wildman–Crippen MR) is 63.1 cm³/mol. The summed E-state index contributed by atoms with van der Waals surface area (Å²) in [7, 11) is 3.45. The van der Waals surface area contributed by atoms with Crippen molar-refractivity contribution in [2.75, 3.05) is 14.1 Å². The quantitative estimate of drug-likeness (QED) is 0.793. The molecule has 0 spiro atoms. The molecule has 4 nitrogen and oxygen atoms in total. The van der Waals surface area contributed by atoms with Crippen LogP contribution in [0.25, 0.3) is 0 Å². The Bertz CT molecular complexity index is 353. The largest absolute Gasteiger partial charge is 0.480 e. The number of likely N-dealkylation sites (N-methyl/N-ethyl adjacent to an activating group) is 1. The van der Waals surface area contributed by atoms with Crippen molar-refractivity contribution in [1.29, 1.82) is 0 Å². The van der Waals surface area contributed by atoms with Crippen molar-refractivity contribution >= 4 is 5.97 Å². The lowest BCUT2D eigenvalue weighted by Gasteiger charge is -2.39. The van der Waals surface area contributed by atoms with Crippen LogP contribution in [0.15, 0.2) is 30.3 Å². The highest BCUT2D eigenvalue weighted by molar-refractivity contribution is 5.81. The molecule has 0 saturated carbocycles. The molecule has 0 bridgehead atoms. The molecule has 88 valence electrons. The number of hydrogen-bond acceptors (Lipinski definition) is 3. The summed E-state index contributed by atoms with van der Waals surface area (Å²) in [6, 6.07) is 8.56. The fourth-order valence-corrected chi connectivity index (χ4v) is 2.13. The number of carbonyl (C=O) groups is 1. The minimum absolute atomic E-state index is 0.512. The SMILES string of the molecule is CC(N)C(C(=O)O)(c1ccccc1)N(C)C. The van der Waals surface area contributed by atoms with Crippen molar-refractivity contribution in [1.82, 2.24) is 4.90 Å². The van der Waals surface area contributed by atoms with E-state index in [2.05, 4.69) is 0 Å². The molecule has 0 saturated heterocycles. The van der Waals surface area contributed by atoms with Gasteiger partial charge in [0.2, 0.25) is 0 Å². The van der Waals surface area contributed by atoms with Crippen LogP contribution in [0, 0.1) is 0 Å². The van der Waals surface area contributed by atoms with E-state index in [1.54, 1.807) is 38.1 Å². The topological polar surface area (TPSA) is 66.6 Å². The van der Waals surface area contributed by atoms with E-state index in [1.165, 1.54) is 0 Å². The van der Waals surface area contributed by atoms with E-state index in [4.69, 9.17) is 5.73 Å². The van der Waals surface area contributed by atoms with E-state index in [-0.39, 0.29) is 0 Å². The van der Waals surface area contributed by atoms with Crippen molar-refractivity contribution in [3.05, 3.63) is 35.9 Å². The lowest BCUT2D eigenvalue weighted by molar-refractivity contribution is -0.152. The minimum Gasteiger partial charge on any atom is -0.480 e. The van der Waals surface area contributed by atoms with E-state index in [0.29, 0.717) is 5.56 Å². The van der Waals surface area contributed by atoms with Crippen LogP contribution in [0.5, 0.6) is 0 Å². The summed E-state index contributed by atoms with van der Waals surface area (Å²) in [5.74, 6) is -0.932. The van der Waals surface area contributed by atoms with Crippen LogP contribution < -0.4 is 5.73 Å². The molecule has 0 aromatic heterocycles. The fraction of sp³-hybridized carbons (Fsp3) is 0.417. The van der Waals surface area contributed by atoms with Crippen molar-refractivity contribution in [3.63, 3.8) is 0 Å². The van der Waals surface area contributed by atoms with Crippen LogP contribution >= 0.6 is 0 Å². The number of hydrogen-bond donors (Lipinski definition) is 2. The molecule has 0 aliphatic rings. The third-order valence-corrected chi connectivity index (χ3v) is 2.90. The maximum Gasteiger partial charge on any atom is 0.330 e. The zero-order chi connectivity index (χ0) is 12.3. The Morgan fingerprint density at radius 1 is 1.38 bits per heavy atom. The highest BCUT2D eigenvalue weighted by Gasteiger charge is 2.46. The van der Waals surface area contributed by atoms with Crippen LogP contribution in [-0.2, 0) is 10.3 Å². The number of nitrogens with zero attached hydrogens (tertiary/aromatic N) is 1. The molecule has 0 heterocycles. The van der Waals surface area contributed by atoms with Gasteiger partial charge in [0, 0.05) is 6.04 Å². The first kappa shape index (κ1) is 12.7. The number of aliphatic carboxylic acids is 1. The number of carboxylic acids is 1. The Balaban J connectivity index is 3.40. The summed E-state index contributed by atoms with van der Waals surface area (Å²) in [4.78, 5) is 13.2. The van der Waals surface area contributed by atoms with Gasteiger partial charge in [-0.3, -0.25) is 4.90 Å². The second-order valence-electron chi connectivity index (χ2n) is 4.12. The summed E-state index contributed by atoms with van der Waals surface area (Å²) in [6.07, 6.45) is 0. The first-order valence-electron chi connectivity index (χ1n) is 5.16. The van der Waals surface area contributed by atoms with Gasteiger partial charge in [0.1, 0.15) is 0 Å². The van der Waals surface area contributed by atoms with Crippen LogP contribution in [0.1, 0.15) is 12.5 Å². The van der Waals surface area contributed by atoms with E-state index in [9.17, 15) is 9.90 Å². The van der Waals surface area contributed by atoms with E-state index in [0.717, 1.165) is 0 Å². The summed E-state index contributed by atoms with van der Waals surface area (Å²) >= 11 is 0. The normalized spacial score (nSPS) is 16.8. The smallest absolute Gasteiger partial charge is 0.330 e. The molecular weight excluding hydrogens is 204 g/mol. The Labute approximate surface area is 95.7 Å². The van der Waals surface area contributed by atoms with Crippen molar-refractivity contribution in [3.8, 4) is 0 Å². The number of nitrogens with two attached hydrogens (primary N) is 1. The third-order valence-electron chi connectivity index (χ3n) is 2.90. The molecule has 2 unspecified atom stereocenters. The fourth-order valence-electron chi connectivity index (χ4n) is 2.13. The second kappa shape index (κ2) is 4.63. The molecule has 0 amide bonds. The van der Waals surface area contributed by atoms with Crippen molar-refractivity contribution < 1.29 is 9.90 Å². The highest BCUT2D eigenvalue weighted by atomic mass is 16.4. The molecule has 0 radical (unpaired) electrons. The van der Waals surface area contributed by atoms with Gasteiger partial charge in [-0.1, -0.05) is 30.3 Å². The standard InChI is InChI=1S/C12H18N2O2/c1-9(13)12(11(15)16,14(2)3)10-7-5-4-6-8-10/h4-9H,13H2,1-3H3,(H,15,16). The van der Waals surface area contributed by atoms with Gasteiger partial charge in [0.05, 0.1) is 0 Å². The van der Waals surface area contributed by atoms with E-state index in [1.807, 2.05) is 18.2 Å². The Kier molecular flexibility index (Phi) is 3.67. The summed E-state index contributed by atoms with van der Waals surface area (Å²) in [5.41, 5.74) is 5.40. The minimum atomic E-state index is -1.18. The zero-order valence-electron chi connectivity index (χ0n) is 9.84. The molecule has 4 heteroatoms. The molecule has 16 heavy (non-hydrogen) atoms. The first-order chi connectivity index (χ1) is 7.44. The Morgan fingerprint density at radius 3 is 2.19 bits per heavy atom. The molecule has 1 aromatic rings. The average Bonchev–Trinajstić information content (AvgIpc) is 2.18. The summed E-state index contributed by atoms with van der Waals surface area (Å²) < 4.78 is 0. The van der Waals surface area contributed by atoms with Gasteiger partial charge in [-0.15, -0.1) is 0 Å². The molecule has 3 N–H and O–H groups in total. The van der Waals surface area contributed by atoms with Crippen molar-refractivity contribution in [2.45, 2.75) is 18.5 Å². The van der Waals surface area contributed by atoms with Gasteiger partial charge in [-0.05, 0) is 26.6 Å². The van der Waals surface area contributed by atoms with Crippen LogP contribution in [0.2, 0.25) is 0 Å². The summed E-state index contributed by atoms with van der Waals surface area (Å²) in [5, 5.41) is 9.50. The number of rotatable bonds is 4. The van der Waals surface area contributed by atoms with Gasteiger partial charge >= 0.3 is 5.97 Å². The van der Waals surface area contributed by atoms with Crippen LogP contribution in [0.3, 0.4) is 0 Å². The molecule has 0 aliphatic carbocycles. The molecule has 0 fully saturated rings. The maximum absolute atomic E-state index is 11.6. The van der Waals surface area contributed by atoms with Crippen molar-refractivity contribution in [2.24, 2.45) is 5.73 Å². The first-order valence-corrected chi connectivity index (χ1v) is 5.16. The molecule has 2 atom stereocenters. The number of carboxylic acid groups (broad SMARTS) is 1. The Hall–Kier alpha value is -1.39. The molecule has 0 aliphatic heterocycles. The van der Waals surface area contributed by atoms with Gasteiger partial charge < -0.3 is 10.8 Å². The van der Waals surface area contributed by atoms with E-state index < -0.39 is 17.6 Å². The Morgan fingerprint density at radius 2 is 1.88 bits per heavy atom. The second-order valence-corrected chi connectivity index (χ2v) is 4.12. The van der Waals surface area contributed by atoms with Crippen LogP contribution in [0.4, 0.5) is 0 Å². The third kappa shape index (κ3) is 1.81. The lowest BCUT2D eigenvalue weighted by atomic mass is 9.82. The van der Waals surface area contributed by atoms with Gasteiger partial charge in [-0.25, -0.2) is 4.79 Å². The van der Waals surface area contributed by atoms with Gasteiger partial charge in [0.25, 0.3) is 0 Å². The molecular formula is C12H18N2O2. The zero-order valence-corrected chi connectivity index (χ0v) is 9.84. The molecule has 1 aromatic carbocycles. The maximum atomic E-state index is 11.6. The highest BCUT2D eigenvalue weighted by Crippen LogP contribution is 2.29. The molecule has 1 rings (SSSR count). The van der Waals surface area contributed by atoms with E-state index >= 15 is 0 Å².